The fourth-order valence-electron chi connectivity index (χ4n) is 2.46. The van der Waals surface area contributed by atoms with E-state index in [0.29, 0.717) is 13.2 Å². The summed E-state index contributed by atoms with van der Waals surface area (Å²) < 4.78 is 32.1. The van der Waals surface area contributed by atoms with Crippen molar-refractivity contribution in [1.29, 1.82) is 0 Å². The zero-order chi connectivity index (χ0) is 14.7. The molecule has 1 saturated heterocycles. The predicted molar refractivity (Wildman–Crippen MR) is 71.8 cm³/mol. The SMILES string of the molecule is CC1CN(C(C)C(=O)c2ccc(F)cc2F)CCCO1. The fraction of sp³-hybridized carbons (Fsp3) is 0.533. The third-order valence-corrected chi connectivity index (χ3v) is 3.61. The molecule has 1 aromatic carbocycles. The molecule has 3 nitrogen and oxygen atoms in total. The Morgan fingerprint density at radius 2 is 2.20 bits per heavy atom. The summed E-state index contributed by atoms with van der Waals surface area (Å²) in [4.78, 5) is 14.3. The number of ketones is 1. The van der Waals surface area contributed by atoms with Crippen LogP contribution in [0.3, 0.4) is 0 Å². The smallest absolute Gasteiger partial charge is 0.182 e. The van der Waals surface area contributed by atoms with Crippen molar-refractivity contribution in [3.8, 4) is 0 Å². The van der Waals surface area contributed by atoms with Crippen molar-refractivity contribution in [1.82, 2.24) is 4.90 Å². The minimum atomic E-state index is -0.805. The van der Waals surface area contributed by atoms with Crippen LogP contribution in [0.2, 0.25) is 0 Å². The number of hydrogen-bond acceptors (Lipinski definition) is 3. The summed E-state index contributed by atoms with van der Waals surface area (Å²) in [5, 5.41) is 0. The van der Waals surface area contributed by atoms with Crippen molar-refractivity contribution in [2.75, 3.05) is 19.7 Å². The summed E-state index contributed by atoms with van der Waals surface area (Å²) in [6.45, 7) is 5.75. The number of carbonyl (C=O) groups is 1. The number of benzene rings is 1. The Labute approximate surface area is 117 Å². The molecular formula is C15H19F2NO2. The maximum atomic E-state index is 13.7. The van der Waals surface area contributed by atoms with Gasteiger partial charge < -0.3 is 4.74 Å². The van der Waals surface area contributed by atoms with E-state index >= 15 is 0 Å². The molecule has 1 aliphatic heterocycles. The summed E-state index contributed by atoms with van der Waals surface area (Å²) in [7, 11) is 0. The highest BCUT2D eigenvalue weighted by molar-refractivity contribution is 6.00. The molecule has 0 aliphatic carbocycles. The van der Waals surface area contributed by atoms with Gasteiger partial charge in [-0.2, -0.15) is 0 Å². The third kappa shape index (κ3) is 3.41. The Hall–Kier alpha value is -1.33. The number of ether oxygens (including phenoxy) is 1. The third-order valence-electron chi connectivity index (χ3n) is 3.61. The summed E-state index contributed by atoms with van der Waals surface area (Å²) in [6.07, 6.45) is 0.888. The first kappa shape index (κ1) is 15.1. The van der Waals surface area contributed by atoms with E-state index in [9.17, 15) is 13.6 Å². The number of halogens is 2. The quantitative estimate of drug-likeness (QED) is 0.799. The Kier molecular flexibility index (Phi) is 4.83. The molecule has 1 aliphatic rings. The van der Waals surface area contributed by atoms with Gasteiger partial charge in [-0.05, 0) is 32.4 Å². The summed E-state index contributed by atoms with van der Waals surface area (Å²) in [5.41, 5.74) is -0.0586. The van der Waals surface area contributed by atoms with E-state index in [1.165, 1.54) is 6.07 Å². The van der Waals surface area contributed by atoms with Gasteiger partial charge in [0, 0.05) is 25.8 Å². The van der Waals surface area contributed by atoms with Crippen molar-refractivity contribution in [3.05, 3.63) is 35.4 Å². The lowest BCUT2D eigenvalue weighted by molar-refractivity contribution is 0.0580. The molecule has 0 amide bonds. The van der Waals surface area contributed by atoms with Crippen molar-refractivity contribution >= 4 is 5.78 Å². The lowest BCUT2D eigenvalue weighted by atomic mass is 10.0. The summed E-state index contributed by atoms with van der Waals surface area (Å²) >= 11 is 0. The van der Waals surface area contributed by atoms with E-state index in [4.69, 9.17) is 4.74 Å². The molecular weight excluding hydrogens is 264 g/mol. The van der Waals surface area contributed by atoms with Crippen molar-refractivity contribution in [2.45, 2.75) is 32.4 Å². The van der Waals surface area contributed by atoms with Gasteiger partial charge in [0.25, 0.3) is 0 Å². The van der Waals surface area contributed by atoms with Crippen molar-refractivity contribution in [2.24, 2.45) is 0 Å². The van der Waals surface area contributed by atoms with E-state index in [1.54, 1.807) is 6.92 Å². The zero-order valence-electron chi connectivity index (χ0n) is 11.7. The Bertz CT molecular complexity index is 493. The molecule has 1 aromatic rings. The highest BCUT2D eigenvalue weighted by Crippen LogP contribution is 2.16. The van der Waals surface area contributed by atoms with Crippen LogP contribution in [0, 0.1) is 11.6 Å². The number of nitrogens with zero attached hydrogens (tertiary/aromatic N) is 1. The molecule has 0 spiro atoms. The van der Waals surface area contributed by atoms with E-state index in [2.05, 4.69) is 0 Å². The van der Waals surface area contributed by atoms with E-state index < -0.39 is 17.7 Å². The molecule has 2 rings (SSSR count). The van der Waals surface area contributed by atoms with Crippen molar-refractivity contribution < 1.29 is 18.3 Å². The highest BCUT2D eigenvalue weighted by atomic mass is 19.1. The second-order valence-corrected chi connectivity index (χ2v) is 5.19. The summed E-state index contributed by atoms with van der Waals surface area (Å²) in [6, 6.07) is 2.62. The van der Waals surface area contributed by atoms with Gasteiger partial charge in [-0.1, -0.05) is 0 Å². The Morgan fingerprint density at radius 3 is 2.90 bits per heavy atom. The molecule has 2 unspecified atom stereocenters. The number of rotatable bonds is 3. The molecule has 20 heavy (non-hydrogen) atoms. The number of hydrogen-bond donors (Lipinski definition) is 0. The molecule has 0 N–H and O–H groups in total. The van der Waals surface area contributed by atoms with Crippen LogP contribution < -0.4 is 0 Å². The average Bonchev–Trinajstić information content (AvgIpc) is 2.62. The fourth-order valence-corrected chi connectivity index (χ4v) is 2.46. The molecule has 1 fully saturated rings. The normalized spacial score (nSPS) is 22.3. The van der Waals surface area contributed by atoms with Gasteiger partial charge in [0.15, 0.2) is 5.78 Å². The highest BCUT2D eigenvalue weighted by Gasteiger charge is 2.27. The molecule has 110 valence electrons. The van der Waals surface area contributed by atoms with Crippen LogP contribution >= 0.6 is 0 Å². The molecule has 1 heterocycles. The van der Waals surface area contributed by atoms with Gasteiger partial charge in [-0.15, -0.1) is 0 Å². The largest absolute Gasteiger partial charge is 0.377 e. The Balaban J connectivity index is 2.14. The van der Waals surface area contributed by atoms with Gasteiger partial charge in [0.2, 0.25) is 0 Å². The van der Waals surface area contributed by atoms with Gasteiger partial charge in [0.1, 0.15) is 11.6 Å². The number of Topliss-reactive ketones (excluding diaryl/α,β-unsaturated/α-hetero) is 1. The minimum absolute atomic E-state index is 0.0471. The lowest BCUT2D eigenvalue weighted by Crippen LogP contribution is -2.42. The Morgan fingerprint density at radius 1 is 1.45 bits per heavy atom. The molecule has 0 radical (unpaired) electrons. The number of carbonyl (C=O) groups excluding carboxylic acids is 1. The van der Waals surface area contributed by atoms with Crippen LogP contribution in [0.1, 0.15) is 30.6 Å². The van der Waals surface area contributed by atoms with Gasteiger partial charge >= 0.3 is 0 Å². The van der Waals surface area contributed by atoms with Gasteiger partial charge in [0.05, 0.1) is 17.7 Å². The first-order valence-corrected chi connectivity index (χ1v) is 6.84. The van der Waals surface area contributed by atoms with Crippen LogP contribution in [-0.4, -0.2) is 42.5 Å². The molecule has 0 bridgehead atoms. The van der Waals surface area contributed by atoms with Crippen LogP contribution in [0.15, 0.2) is 18.2 Å². The second-order valence-electron chi connectivity index (χ2n) is 5.19. The monoisotopic (exact) mass is 283 g/mol. The first-order chi connectivity index (χ1) is 9.49. The van der Waals surface area contributed by atoms with Crippen LogP contribution in [0.25, 0.3) is 0 Å². The summed E-state index contributed by atoms with van der Waals surface area (Å²) in [5.74, 6) is -1.80. The minimum Gasteiger partial charge on any atom is -0.377 e. The molecule has 2 atom stereocenters. The lowest BCUT2D eigenvalue weighted by Gasteiger charge is -2.27. The molecule has 5 heteroatoms. The van der Waals surface area contributed by atoms with Crippen LogP contribution in [0.4, 0.5) is 8.78 Å². The standard InChI is InChI=1S/C15H19F2NO2/c1-10-9-18(6-3-7-20-10)11(2)15(19)13-5-4-12(16)8-14(13)17/h4-5,8,10-11H,3,6-7,9H2,1-2H3. The predicted octanol–water partition coefficient (Wildman–Crippen LogP) is 2.65. The topological polar surface area (TPSA) is 29.5 Å². The first-order valence-electron chi connectivity index (χ1n) is 6.84. The zero-order valence-corrected chi connectivity index (χ0v) is 11.7. The molecule has 0 saturated carbocycles. The van der Waals surface area contributed by atoms with E-state index in [1.807, 2.05) is 11.8 Å². The maximum absolute atomic E-state index is 13.7. The van der Waals surface area contributed by atoms with E-state index in [0.717, 1.165) is 25.1 Å². The van der Waals surface area contributed by atoms with Crippen LogP contribution in [-0.2, 0) is 4.74 Å². The van der Waals surface area contributed by atoms with Crippen molar-refractivity contribution in [3.63, 3.8) is 0 Å². The second kappa shape index (κ2) is 6.41. The van der Waals surface area contributed by atoms with Crippen LogP contribution in [0.5, 0.6) is 0 Å². The average molecular weight is 283 g/mol. The van der Waals surface area contributed by atoms with Gasteiger partial charge in [-0.25, -0.2) is 8.78 Å². The van der Waals surface area contributed by atoms with E-state index in [-0.39, 0.29) is 17.5 Å². The molecule has 0 aromatic heterocycles. The maximum Gasteiger partial charge on any atom is 0.182 e. The van der Waals surface area contributed by atoms with Gasteiger partial charge in [-0.3, -0.25) is 9.69 Å².